The van der Waals surface area contributed by atoms with Crippen LogP contribution in [0.2, 0.25) is 0 Å². The molecule has 1 amide bonds. The van der Waals surface area contributed by atoms with Crippen molar-refractivity contribution in [2.24, 2.45) is 67.5 Å². The van der Waals surface area contributed by atoms with Gasteiger partial charge in [-0.25, -0.2) is 4.98 Å². The number of carboxylic acids is 1. The summed E-state index contributed by atoms with van der Waals surface area (Å²) in [7, 11) is 0. The highest BCUT2D eigenvalue weighted by Gasteiger charge is 2.75. The summed E-state index contributed by atoms with van der Waals surface area (Å²) in [5.41, 5.74) is 2.55. The summed E-state index contributed by atoms with van der Waals surface area (Å²) in [5, 5.41) is 25.1. The zero-order chi connectivity index (χ0) is 44.5. The average Bonchev–Trinajstić information content (AvgIpc) is 3.76. The summed E-state index contributed by atoms with van der Waals surface area (Å²) < 4.78 is 8.37. The number of ether oxygens (including phenoxy) is 1. The number of amides is 1. The summed E-state index contributed by atoms with van der Waals surface area (Å²) in [4.78, 5) is 57.6. The Labute approximate surface area is 363 Å². The summed E-state index contributed by atoms with van der Waals surface area (Å²) in [6.07, 6.45) is 10.5. The summed E-state index contributed by atoms with van der Waals surface area (Å²) in [6.45, 7) is 24.7. The van der Waals surface area contributed by atoms with Gasteiger partial charge in [-0.2, -0.15) is 0 Å². The van der Waals surface area contributed by atoms with Crippen molar-refractivity contribution in [3.8, 4) is 5.69 Å². The molecule has 0 saturated heterocycles. The highest BCUT2D eigenvalue weighted by molar-refractivity contribution is 6.01. The van der Waals surface area contributed by atoms with Crippen LogP contribution in [0.5, 0.6) is 0 Å². The van der Waals surface area contributed by atoms with Crippen LogP contribution in [0.15, 0.2) is 47.9 Å². The molecule has 1 heterocycles. The Morgan fingerprint density at radius 2 is 1.52 bits per heavy atom. The van der Waals surface area contributed by atoms with Gasteiger partial charge in [-0.1, -0.05) is 74.8 Å². The Morgan fingerprint density at radius 3 is 2.13 bits per heavy atom. The standard InChI is InChI=1S/C51H71N3O7/c1-29(2)40-36(55)25-51(38(56)26-52-42(57)31-12-14-32(15-13-31)54-27-30(3)53-28-54)23-22-47(8)33(41(40)51)16-20-50(11)48(9)19-18-39(46(6,7)37(48)17-21-49(47,50)10)61-44(60)35-24-34(43(58)59)45(35,4)5/h12-15,27-29,33-35,37-39,56H,16-26H2,1-11H3,(H,52,57)(H,58,59)/t33?,34-,35+,37-,38-,39-,47+,48-,49-,50+,51-/m0/s1. The van der Waals surface area contributed by atoms with Crippen molar-refractivity contribution in [2.75, 3.05) is 6.54 Å². The van der Waals surface area contributed by atoms with Crippen molar-refractivity contribution in [1.29, 1.82) is 0 Å². The number of nitrogens with zero attached hydrogens (tertiary/aromatic N) is 2. The van der Waals surface area contributed by atoms with Gasteiger partial charge in [0.25, 0.3) is 5.91 Å². The van der Waals surface area contributed by atoms with E-state index in [1.807, 2.05) is 43.7 Å². The molecule has 5 saturated carbocycles. The topological polar surface area (TPSA) is 148 Å². The van der Waals surface area contributed by atoms with Crippen molar-refractivity contribution in [2.45, 2.75) is 153 Å². The van der Waals surface area contributed by atoms with Crippen molar-refractivity contribution >= 4 is 23.6 Å². The number of ketones is 1. The van der Waals surface area contributed by atoms with Gasteiger partial charge in [-0.15, -0.1) is 0 Å². The predicted octanol–water partition coefficient (Wildman–Crippen LogP) is 9.30. The first kappa shape index (κ1) is 43.8. The van der Waals surface area contributed by atoms with Crippen LogP contribution in [-0.2, 0) is 19.1 Å². The van der Waals surface area contributed by atoms with Crippen LogP contribution in [0.3, 0.4) is 0 Å². The number of carbonyl (C=O) groups is 4. The Hall–Kier alpha value is -3.79. The van der Waals surface area contributed by atoms with E-state index in [-0.39, 0.29) is 75.6 Å². The number of hydrogen-bond donors (Lipinski definition) is 3. The molecule has 0 spiro atoms. The van der Waals surface area contributed by atoms with Gasteiger partial charge in [0.05, 0.1) is 30.0 Å². The molecule has 6 aliphatic rings. The Kier molecular flexibility index (Phi) is 10.3. The number of aliphatic carboxylic acids is 1. The Bertz CT molecular complexity index is 2170. The molecule has 3 N–H and O–H groups in total. The number of carboxylic acid groups (broad SMARTS) is 1. The number of hydrogen-bond acceptors (Lipinski definition) is 7. The third kappa shape index (κ3) is 6.05. The number of allylic oxidation sites excluding steroid dienone is 1. The fourth-order valence-electron chi connectivity index (χ4n) is 15.5. The number of nitrogens with one attached hydrogen (secondary N) is 1. The lowest BCUT2D eigenvalue weighted by molar-refractivity contribution is -0.279. The first-order valence-corrected chi connectivity index (χ1v) is 23.2. The minimum absolute atomic E-state index is 0.0278. The monoisotopic (exact) mass is 838 g/mol. The third-order valence-corrected chi connectivity index (χ3v) is 19.8. The zero-order valence-corrected chi connectivity index (χ0v) is 38.6. The summed E-state index contributed by atoms with van der Waals surface area (Å²) in [5.74, 6) is -1.63. The molecule has 10 nitrogen and oxygen atoms in total. The molecule has 61 heavy (non-hydrogen) atoms. The number of fused-ring (bicyclic) bond motifs is 7. The lowest BCUT2D eigenvalue weighted by Gasteiger charge is -2.76. The van der Waals surface area contributed by atoms with Crippen LogP contribution in [0, 0.1) is 74.4 Å². The number of aryl methyl sites for hydroxylation is 1. The van der Waals surface area contributed by atoms with Gasteiger partial charge in [-0.3, -0.25) is 19.2 Å². The van der Waals surface area contributed by atoms with Crippen molar-refractivity contribution in [3.05, 3.63) is 59.2 Å². The second-order valence-corrected chi connectivity index (χ2v) is 22.9. The summed E-state index contributed by atoms with van der Waals surface area (Å²) >= 11 is 0. The molecule has 10 heteroatoms. The van der Waals surface area contributed by atoms with E-state index < -0.39 is 34.7 Å². The first-order valence-electron chi connectivity index (χ1n) is 23.2. The van der Waals surface area contributed by atoms with E-state index in [4.69, 9.17) is 4.74 Å². The van der Waals surface area contributed by atoms with E-state index in [0.29, 0.717) is 24.3 Å². The van der Waals surface area contributed by atoms with Gasteiger partial charge in [-0.05, 0) is 139 Å². The van der Waals surface area contributed by atoms with Gasteiger partial charge in [0.1, 0.15) is 6.10 Å². The van der Waals surface area contributed by atoms with E-state index in [0.717, 1.165) is 61.9 Å². The third-order valence-electron chi connectivity index (χ3n) is 19.8. The van der Waals surface area contributed by atoms with Gasteiger partial charge in [0.15, 0.2) is 5.78 Å². The minimum Gasteiger partial charge on any atom is -0.481 e. The molecule has 6 aliphatic carbocycles. The van der Waals surface area contributed by atoms with Gasteiger partial charge in [0.2, 0.25) is 0 Å². The fourth-order valence-corrected chi connectivity index (χ4v) is 15.5. The number of Topliss-reactive ketones (excluding diaryl/α,β-unsaturated/α-hetero) is 1. The molecule has 0 bridgehead atoms. The number of imidazole rings is 1. The highest BCUT2D eigenvalue weighted by Crippen LogP contribution is 2.81. The Balaban J connectivity index is 1.03. The van der Waals surface area contributed by atoms with Crippen LogP contribution < -0.4 is 5.32 Å². The lowest BCUT2D eigenvalue weighted by atomic mass is 9.28. The van der Waals surface area contributed by atoms with Gasteiger partial charge < -0.3 is 24.8 Å². The normalized spacial score (nSPS) is 39.0. The van der Waals surface area contributed by atoms with Crippen LogP contribution in [0.4, 0.5) is 0 Å². The minimum atomic E-state index is -0.905. The van der Waals surface area contributed by atoms with Gasteiger partial charge in [0, 0.05) is 41.2 Å². The maximum Gasteiger partial charge on any atom is 0.309 e. The van der Waals surface area contributed by atoms with Gasteiger partial charge >= 0.3 is 11.9 Å². The quantitative estimate of drug-likeness (QED) is 0.212. The number of benzene rings is 1. The maximum absolute atomic E-state index is 14.2. The number of aliphatic hydroxyl groups excluding tert-OH is 1. The Morgan fingerprint density at radius 1 is 0.869 bits per heavy atom. The fraction of sp³-hybridized carbons (Fsp3) is 0.706. The van der Waals surface area contributed by atoms with E-state index in [1.54, 1.807) is 18.5 Å². The second kappa shape index (κ2) is 14.4. The second-order valence-electron chi connectivity index (χ2n) is 22.9. The number of aliphatic hydroxyl groups is 1. The SMILES string of the molecule is Cc1cn(-c2ccc(C(=O)NC[C@H](O)[C@@]34CC[C@]5(C)C(CC[C@@]6(C)[C@@]5(C)CC[C@H]5C(C)(C)[C@@H](OC(=O)[C@H]7C[C@@H](C(=O)O)C7(C)C)CC[C@@]56C)C3=C(C(C)C)C(=O)C4)cc2)cn1. The number of esters is 1. The molecule has 8 rings (SSSR count). The van der Waals surface area contributed by atoms with Crippen LogP contribution in [0.1, 0.15) is 149 Å². The molecular formula is C51H71N3O7. The molecule has 1 unspecified atom stereocenters. The smallest absolute Gasteiger partial charge is 0.309 e. The van der Waals surface area contributed by atoms with E-state index >= 15 is 0 Å². The summed E-state index contributed by atoms with van der Waals surface area (Å²) in [6, 6.07) is 7.37. The highest BCUT2D eigenvalue weighted by atomic mass is 16.5. The number of carbonyl (C=O) groups excluding carboxylic acids is 3. The number of aromatic nitrogens is 2. The predicted molar refractivity (Wildman–Crippen MR) is 234 cm³/mol. The van der Waals surface area contributed by atoms with E-state index in [2.05, 4.69) is 65.7 Å². The van der Waals surface area contributed by atoms with Crippen molar-refractivity contribution in [1.82, 2.24) is 14.9 Å². The van der Waals surface area contributed by atoms with Crippen molar-refractivity contribution < 1.29 is 34.1 Å². The molecule has 2 aromatic rings. The first-order chi connectivity index (χ1) is 28.4. The van der Waals surface area contributed by atoms with E-state index in [9.17, 15) is 29.4 Å². The van der Waals surface area contributed by atoms with E-state index in [1.165, 1.54) is 5.57 Å². The lowest BCUT2D eigenvalue weighted by Crippen LogP contribution is -2.70. The maximum atomic E-state index is 14.2. The van der Waals surface area contributed by atoms with Crippen LogP contribution in [0.25, 0.3) is 5.69 Å². The molecule has 1 aromatic carbocycles. The van der Waals surface area contributed by atoms with Crippen LogP contribution >= 0.6 is 0 Å². The molecule has 11 atom stereocenters. The zero-order valence-electron chi connectivity index (χ0n) is 38.6. The molecule has 1 aromatic heterocycles. The van der Waals surface area contributed by atoms with Crippen molar-refractivity contribution in [3.63, 3.8) is 0 Å². The molecular weight excluding hydrogens is 767 g/mol. The van der Waals surface area contributed by atoms with Crippen LogP contribution in [-0.4, -0.2) is 62.1 Å². The molecule has 0 radical (unpaired) electrons. The molecule has 332 valence electrons. The molecule has 0 aliphatic heterocycles. The average molecular weight is 838 g/mol. The number of rotatable bonds is 9. The largest absolute Gasteiger partial charge is 0.481 e. The molecule has 5 fully saturated rings.